The molecule has 0 bridgehead atoms. The van der Waals surface area contributed by atoms with Crippen LogP contribution in [0.4, 0.5) is 0 Å². The van der Waals surface area contributed by atoms with Gasteiger partial charge in [0.15, 0.2) is 0 Å². The summed E-state index contributed by atoms with van der Waals surface area (Å²) in [6, 6.07) is 9.71. The smallest absolute Gasteiger partial charge is 0.255 e. The molecule has 2 amide bonds. The van der Waals surface area contributed by atoms with Gasteiger partial charge in [-0.3, -0.25) is 14.7 Å². The fraction of sp³-hybridized carbons (Fsp3) is 0.217. The van der Waals surface area contributed by atoms with Crippen molar-refractivity contribution < 1.29 is 9.59 Å². The largest absolute Gasteiger partial charge is 0.342 e. The molecular weight excluding hydrogens is 463 g/mol. The third-order valence-corrected chi connectivity index (χ3v) is 6.32. The lowest BCUT2D eigenvalue weighted by Gasteiger charge is -2.27. The van der Waals surface area contributed by atoms with Crippen LogP contribution in [0.2, 0.25) is 10.0 Å². The molecule has 3 N–H and O–H groups in total. The summed E-state index contributed by atoms with van der Waals surface area (Å²) in [6.07, 6.45) is 2.45. The van der Waals surface area contributed by atoms with Crippen LogP contribution in [0.15, 0.2) is 42.6 Å². The van der Waals surface area contributed by atoms with Crippen LogP contribution in [0.1, 0.15) is 50.8 Å². The van der Waals surface area contributed by atoms with Gasteiger partial charge in [0.2, 0.25) is 0 Å². The highest BCUT2D eigenvalue weighted by Crippen LogP contribution is 2.24. The molecule has 3 heterocycles. The number of hydrogen-bond acceptors (Lipinski definition) is 4. The third-order valence-electron chi connectivity index (χ3n) is 5.77. The van der Waals surface area contributed by atoms with Crippen LogP contribution >= 0.6 is 23.2 Å². The van der Waals surface area contributed by atoms with E-state index in [1.807, 2.05) is 13.0 Å². The predicted molar refractivity (Wildman–Crippen MR) is 125 cm³/mol. The summed E-state index contributed by atoms with van der Waals surface area (Å²) in [5.41, 5.74) is 4.34. The summed E-state index contributed by atoms with van der Waals surface area (Å²) < 4.78 is 0. The highest BCUT2D eigenvalue weighted by Gasteiger charge is 2.25. The van der Waals surface area contributed by atoms with E-state index < -0.39 is 0 Å². The molecule has 33 heavy (non-hydrogen) atoms. The number of nitrogens with zero attached hydrogens (tertiary/aromatic N) is 3. The second-order valence-corrected chi connectivity index (χ2v) is 8.87. The number of halogens is 2. The Morgan fingerprint density at radius 2 is 2.03 bits per heavy atom. The van der Waals surface area contributed by atoms with E-state index in [-0.39, 0.29) is 22.9 Å². The highest BCUT2D eigenvalue weighted by atomic mass is 35.5. The molecule has 0 saturated heterocycles. The molecule has 0 fully saturated rings. The first-order chi connectivity index (χ1) is 15.9. The molecule has 1 aliphatic heterocycles. The maximum absolute atomic E-state index is 13.0. The average Bonchev–Trinajstić information content (AvgIpc) is 3.44. The second-order valence-electron chi connectivity index (χ2n) is 8.02. The molecule has 8 nitrogen and oxygen atoms in total. The van der Waals surface area contributed by atoms with Gasteiger partial charge in [-0.05, 0) is 43.3 Å². The van der Waals surface area contributed by atoms with Gasteiger partial charge in [0.25, 0.3) is 11.8 Å². The summed E-state index contributed by atoms with van der Waals surface area (Å²) in [4.78, 5) is 35.2. The van der Waals surface area contributed by atoms with E-state index in [1.54, 1.807) is 35.4 Å². The number of benzene rings is 2. The molecule has 0 saturated carbocycles. The van der Waals surface area contributed by atoms with Crippen LogP contribution in [-0.2, 0) is 13.0 Å². The molecular formula is C23H20Cl2N6O2. The van der Waals surface area contributed by atoms with E-state index in [9.17, 15) is 9.59 Å². The van der Waals surface area contributed by atoms with Gasteiger partial charge < -0.3 is 15.2 Å². The number of imidazole rings is 1. The van der Waals surface area contributed by atoms with E-state index in [0.29, 0.717) is 41.5 Å². The van der Waals surface area contributed by atoms with Crippen molar-refractivity contribution in [1.29, 1.82) is 0 Å². The molecule has 168 valence electrons. The normalized spacial score (nSPS) is 14.2. The van der Waals surface area contributed by atoms with Crippen molar-refractivity contribution >= 4 is 46.0 Å². The van der Waals surface area contributed by atoms with Crippen molar-refractivity contribution in [1.82, 2.24) is 30.4 Å². The summed E-state index contributed by atoms with van der Waals surface area (Å²) in [6.45, 7) is 2.88. The minimum atomic E-state index is -0.374. The Hall–Kier alpha value is -3.36. The maximum atomic E-state index is 13.0. The zero-order chi connectivity index (χ0) is 23.1. The van der Waals surface area contributed by atoms with Crippen LogP contribution < -0.4 is 5.32 Å². The Labute approximate surface area is 199 Å². The van der Waals surface area contributed by atoms with Crippen LogP contribution in [0.5, 0.6) is 0 Å². The van der Waals surface area contributed by atoms with Gasteiger partial charge in [-0.1, -0.05) is 23.2 Å². The Morgan fingerprint density at radius 3 is 2.85 bits per heavy atom. The average molecular weight is 483 g/mol. The fourth-order valence-electron chi connectivity index (χ4n) is 3.95. The number of amides is 2. The molecule has 1 atom stereocenters. The number of hydrogen-bond donors (Lipinski definition) is 3. The van der Waals surface area contributed by atoms with Gasteiger partial charge in [0.1, 0.15) is 5.82 Å². The fourth-order valence-corrected chi connectivity index (χ4v) is 4.38. The Kier molecular flexibility index (Phi) is 5.55. The molecule has 2 aromatic carbocycles. The lowest BCUT2D eigenvalue weighted by molar-refractivity contribution is 0.0734. The highest BCUT2D eigenvalue weighted by molar-refractivity contribution is 6.34. The molecule has 2 aromatic heterocycles. The van der Waals surface area contributed by atoms with Crippen LogP contribution in [0.25, 0.3) is 11.0 Å². The number of carbonyl (C=O) groups excluding carboxylic acids is 2. The van der Waals surface area contributed by atoms with Gasteiger partial charge in [0.05, 0.1) is 33.9 Å². The zero-order valence-corrected chi connectivity index (χ0v) is 19.2. The summed E-state index contributed by atoms with van der Waals surface area (Å²) in [5, 5.41) is 10.7. The number of rotatable bonds is 4. The minimum absolute atomic E-state index is 0.173. The molecule has 4 aromatic rings. The minimum Gasteiger partial charge on any atom is -0.342 e. The third kappa shape index (κ3) is 4.19. The first-order valence-electron chi connectivity index (χ1n) is 10.4. The van der Waals surface area contributed by atoms with Crippen molar-refractivity contribution in [2.24, 2.45) is 0 Å². The lowest BCUT2D eigenvalue weighted by Crippen LogP contribution is -2.36. The number of carbonyl (C=O) groups is 2. The summed E-state index contributed by atoms with van der Waals surface area (Å²) >= 11 is 12.4. The van der Waals surface area contributed by atoms with Gasteiger partial charge in [-0.15, -0.1) is 0 Å². The quantitative estimate of drug-likeness (QED) is 0.403. The van der Waals surface area contributed by atoms with Gasteiger partial charge in [0, 0.05) is 41.4 Å². The van der Waals surface area contributed by atoms with Gasteiger partial charge >= 0.3 is 0 Å². The Morgan fingerprint density at radius 1 is 1.18 bits per heavy atom. The van der Waals surface area contributed by atoms with Crippen molar-refractivity contribution in [3.05, 3.63) is 80.8 Å². The molecule has 0 spiro atoms. The number of fused-ring (bicyclic) bond motifs is 2. The lowest BCUT2D eigenvalue weighted by atomic mass is 10.1. The van der Waals surface area contributed by atoms with E-state index >= 15 is 0 Å². The van der Waals surface area contributed by atoms with Crippen molar-refractivity contribution in [2.75, 3.05) is 6.54 Å². The van der Waals surface area contributed by atoms with E-state index in [0.717, 1.165) is 22.3 Å². The van der Waals surface area contributed by atoms with Crippen molar-refractivity contribution in [3.63, 3.8) is 0 Å². The van der Waals surface area contributed by atoms with Gasteiger partial charge in [-0.25, -0.2) is 4.98 Å². The van der Waals surface area contributed by atoms with Crippen molar-refractivity contribution in [2.45, 2.75) is 25.9 Å². The van der Waals surface area contributed by atoms with Crippen LogP contribution in [-0.4, -0.2) is 43.4 Å². The first kappa shape index (κ1) is 21.5. The zero-order valence-electron chi connectivity index (χ0n) is 17.7. The second kappa shape index (κ2) is 8.53. The standard InChI is InChI=1S/C23H20Cl2N6O2/c1-12(21-28-19-5-3-15(24)9-20(19)29-21)27-22(32)13-2-4-16(17(25)8-13)23(33)31-7-6-18-14(11-31)10-26-30-18/h2-5,8-10,12H,6-7,11H2,1H3,(H,26,30)(H,27,32)(H,28,29). The summed E-state index contributed by atoms with van der Waals surface area (Å²) in [7, 11) is 0. The maximum Gasteiger partial charge on any atom is 0.255 e. The van der Waals surface area contributed by atoms with E-state index in [4.69, 9.17) is 23.2 Å². The van der Waals surface area contributed by atoms with Gasteiger partial charge in [-0.2, -0.15) is 5.10 Å². The predicted octanol–water partition coefficient (Wildman–Crippen LogP) is 4.28. The number of nitrogens with one attached hydrogen (secondary N) is 3. The Balaban J connectivity index is 1.29. The SMILES string of the molecule is CC(NC(=O)c1ccc(C(=O)N2CCc3[nH]ncc3C2)c(Cl)c1)c1nc2ccc(Cl)cc2[nH]1. The topological polar surface area (TPSA) is 107 Å². The number of aromatic nitrogens is 4. The molecule has 1 unspecified atom stereocenters. The monoisotopic (exact) mass is 482 g/mol. The molecule has 10 heteroatoms. The molecule has 0 radical (unpaired) electrons. The number of H-pyrrole nitrogens is 2. The molecule has 1 aliphatic rings. The summed E-state index contributed by atoms with van der Waals surface area (Å²) in [5.74, 6) is 0.123. The number of aromatic amines is 2. The van der Waals surface area contributed by atoms with E-state index in [2.05, 4.69) is 25.5 Å². The van der Waals surface area contributed by atoms with Crippen LogP contribution in [0, 0.1) is 0 Å². The Bertz CT molecular complexity index is 1380. The van der Waals surface area contributed by atoms with Crippen molar-refractivity contribution in [3.8, 4) is 0 Å². The van der Waals surface area contributed by atoms with Crippen LogP contribution in [0.3, 0.4) is 0 Å². The van der Waals surface area contributed by atoms with E-state index in [1.165, 1.54) is 6.07 Å². The first-order valence-corrected chi connectivity index (χ1v) is 11.2. The molecule has 0 aliphatic carbocycles. The molecule has 5 rings (SSSR count).